The first kappa shape index (κ1) is 8.23. The molecule has 3 rings (SSSR count). The van der Waals surface area contributed by atoms with E-state index >= 15 is 0 Å². The Morgan fingerprint density at radius 2 is 2.27 bits per heavy atom. The predicted octanol–water partition coefficient (Wildman–Crippen LogP) is 2.43. The van der Waals surface area contributed by atoms with Crippen molar-refractivity contribution in [1.82, 2.24) is 10.1 Å². The number of aromatic nitrogens is 2. The highest BCUT2D eigenvalue weighted by atomic mass is 16.5. The largest absolute Gasteiger partial charge is 0.382 e. The molecule has 1 aromatic carbocycles. The molecule has 0 bridgehead atoms. The first-order valence-corrected chi connectivity index (χ1v) is 4.61. The number of aldehydes is 1. The molecule has 2 heterocycles. The van der Waals surface area contributed by atoms with Crippen molar-refractivity contribution in [3.8, 4) is 0 Å². The Balaban J connectivity index is 2.65. The van der Waals surface area contributed by atoms with Gasteiger partial charge in [0.25, 0.3) is 0 Å². The summed E-state index contributed by atoms with van der Waals surface area (Å²) < 4.78 is 5.26. The summed E-state index contributed by atoms with van der Waals surface area (Å²) in [6.07, 6.45) is 2.41. The summed E-state index contributed by atoms with van der Waals surface area (Å²) in [5.41, 5.74) is 3.08. The number of hydrogen-bond acceptors (Lipinski definition) is 3. The van der Waals surface area contributed by atoms with Crippen LogP contribution in [0.15, 0.2) is 22.9 Å². The van der Waals surface area contributed by atoms with Gasteiger partial charge >= 0.3 is 0 Å². The van der Waals surface area contributed by atoms with Crippen LogP contribution in [0.3, 0.4) is 0 Å². The molecular formula is C11H8N2O2. The number of carbonyl (C=O) groups excluding carboxylic acids is 1. The molecule has 2 aromatic heterocycles. The van der Waals surface area contributed by atoms with Gasteiger partial charge in [0.05, 0.1) is 16.6 Å². The maximum absolute atomic E-state index is 10.9. The maximum Gasteiger partial charge on any atom is 0.164 e. The Kier molecular flexibility index (Phi) is 1.48. The second-order valence-corrected chi connectivity index (χ2v) is 3.49. The van der Waals surface area contributed by atoms with Crippen molar-refractivity contribution in [2.24, 2.45) is 0 Å². The summed E-state index contributed by atoms with van der Waals surface area (Å²) in [5.74, 6) is 0. The van der Waals surface area contributed by atoms with Gasteiger partial charge in [0.2, 0.25) is 0 Å². The van der Waals surface area contributed by atoms with Crippen LogP contribution in [0.2, 0.25) is 0 Å². The van der Waals surface area contributed by atoms with E-state index in [9.17, 15) is 4.79 Å². The standard InChI is InChI=1S/C11H8N2O2/c1-6-10-9(15-13-6)3-2-8-11(10)7(5-14)4-12-8/h2-5,13H,1H3. The lowest BCUT2D eigenvalue weighted by Crippen LogP contribution is -1.78. The van der Waals surface area contributed by atoms with Crippen molar-refractivity contribution in [3.63, 3.8) is 0 Å². The quantitative estimate of drug-likeness (QED) is 0.613. The minimum atomic E-state index is 0.605. The van der Waals surface area contributed by atoms with Crippen LogP contribution in [0, 0.1) is 6.92 Å². The van der Waals surface area contributed by atoms with E-state index in [0.717, 1.165) is 33.9 Å². The number of carbonyl (C=O) groups is 1. The summed E-state index contributed by atoms with van der Waals surface area (Å²) in [7, 11) is 0. The van der Waals surface area contributed by atoms with Crippen LogP contribution in [0.25, 0.3) is 21.9 Å². The molecule has 0 spiro atoms. The lowest BCUT2D eigenvalue weighted by Gasteiger charge is -1.92. The number of H-pyrrole nitrogens is 1. The summed E-state index contributed by atoms with van der Waals surface area (Å²) in [4.78, 5) is 15.1. The topological polar surface area (TPSA) is 58.9 Å². The van der Waals surface area contributed by atoms with E-state index in [0.29, 0.717) is 5.56 Å². The summed E-state index contributed by atoms with van der Waals surface area (Å²) in [6, 6.07) is 3.70. The second-order valence-electron chi connectivity index (χ2n) is 3.49. The molecule has 4 heteroatoms. The van der Waals surface area contributed by atoms with Crippen LogP contribution in [0.5, 0.6) is 0 Å². The molecule has 0 aliphatic heterocycles. The molecule has 0 aliphatic rings. The zero-order valence-electron chi connectivity index (χ0n) is 8.07. The van der Waals surface area contributed by atoms with Gasteiger partial charge in [-0.2, -0.15) is 0 Å². The van der Waals surface area contributed by atoms with Crippen molar-refractivity contribution in [2.75, 3.05) is 0 Å². The Bertz CT molecular complexity index is 664. The highest BCUT2D eigenvalue weighted by Crippen LogP contribution is 2.29. The number of fused-ring (bicyclic) bond motifs is 3. The highest BCUT2D eigenvalue weighted by Gasteiger charge is 2.12. The molecule has 1 N–H and O–H groups in total. The fraction of sp³-hybridized carbons (Fsp3) is 0.0909. The van der Waals surface area contributed by atoms with E-state index in [2.05, 4.69) is 10.1 Å². The van der Waals surface area contributed by atoms with Crippen LogP contribution >= 0.6 is 0 Å². The molecule has 4 nitrogen and oxygen atoms in total. The second kappa shape index (κ2) is 2.70. The predicted molar refractivity (Wildman–Crippen MR) is 56.0 cm³/mol. The average Bonchev–Trinajstić information content (AvgIpc) is 2.81. The van der Waals surface area contributed by atoms with Crippen LogP contribution in [0.4, 0.5) is 0 Å². The van der Waals surface area contributed by atoms with Crippen molar-refractivity contribution < 1.29 is 9.32 Å². The SMILES string of the molecule is Cc1[nH]oc2ccc3ncc(C=O)c3c12. The summed E-state index contributed by atoms with van der Waals surface area (Å²) in [6.45, 7) is 1.91. The molecule has 3 aromatic rings. The Morgan fingerprint density at radius 1 is 1.40 bits per heavy atom. The van der Waals surface area contributed by atoms with Gasteiger partial charge in [-0.25, -0.2) is 5.16 Å². The van der Waals surface area contributed by atoms with Crippen molar-refractivity contribution >= 4 is 28.2 Å². The number of aromatic amines is 1. The number of aryl methyl sites for hydroxylation is 1. The molecule has 0 saturated carbocycles. The van der Waals surface area contributed by atoms with Crippen LogP contribution in [-0.2, 0) is 0 Å². The third-order valence-corrected chi connectivity index (χ3v) is 2.59. The molecule has 15 heavy (non-hydrogen) atoms. The molecule has 0 aliphatic carbocycles. The monoisotopic (exact) mass is 200 g/mol. The minimum absolute atomic E-state index is 0.605. The zero-order valence-corrected chi connectivity index (χ0v) is 8.07. The lowest BCUT2D eigenvalue weighted by atomic mass is 10.1. The third-order valence-electron chi connectivity index (χ3n) is 2.59. The molecule has 0 saturated heterocycles. The average molecular weight is 200 g/mol. The van der Waals surface area contributed by atoms with Crippen molar-refractivity contribution in [2.45, 2.75) is 6.92 Å². The van der Waals surface area contributed by atoms with Gasteiger partial charge in [-0.1, -0.05) is 0 Å². The fourth-order valence-electron chi connectivity index (χ4n) is 1.91. The zero-order chi connectivity index (χ0) is 10.4. The maximum atomic E-state index is 10.9. The molecule has 74 valence electrons. The van der Waals surface area contributed by atoms with E-state index < -0.39 is 0 Å². The van der Waals surface area contributed by atoms with E-state index in [4.69, 9.17) is 4.52 Å². The molecule has 0 unspecified atom stereocenters. The van der Waals surface area contributed by atoms with Gasteiger partial charge in [-0.15, -0.1) is 0 Å². The smallest absolute Gasteiger partial charge is 0.164 e. The first-order chi connectivity index (χ1) is 7.31. The van der Waals surface area contributed by atoms with Gasteiger partial charge in [-0.3, -0.25) is 9.78 Å². The first-order valence-electron chi connectivity index (χ1n) is 4.61. The molecule has 0 amide bonds. The Hall–Kier alpha value is -2.10. The normalized spacial score (nSPS) is 11.3. The molecule has 0 radical (unpaired) electrons. The van der Waals surface area contributed by atoms with Crippen LogP contribution < -0.4 is 0 Å². The van der Waals surface area contributed by atoms with Gasteiger partial charge in [0, 0.05) is 17.1 Å². The number of benzene rings is 1. The van der Waals surface area contributed by atoms with Crippen molar-refractivity contribution in [3.05, 3.63) is 29.6 Å². The molecule has 0 atom stereocenters. The minimum Gasteiger partial charge on any atom is -0.382 e. The van der Waals surface area contributed by atoms with E-state index in [-0.39, 0.29) is 0 Å². The highest BCUT2D eigenvalue weighted by molar-refractivity contribution is 6.12. The number of nitrogens with one attached hydrogen (secondary N) is 1. The van der Waals surface area contributed by atoms with E-state index in [1.54, 1.807) is 6.20 Å². The molecular weight excluding hydrogens is 192 g/mol. The van der Waals surface area contributed by atoms with Gasteiger partial charge in [0.15, 0.2) is 11.9 Å². The number of hydrogen-bond donors (Lipinski definition) is 1. The number of rotatable bonds is 1. The van der Waals surface area contributed by atoms with Crippen LogP contribution in [-0.4, -0.2) is 16.4 Å². The summed E-state index contributed by atoms with van der Waals surface area (Å²) in [5, 5.41) is 4.59. The van der Waals surface area contributed by atoms with Crippen LogP contribution in [0.1, 0.15) is 16.1 Å². The fourth-order valence-corrected chi connectivity index (χ4v) is 1.91. The van der Waals surface area contributed by atoms with Gasteiger partial charge in [0.1, 0.15) is 0 Å². The Morgan fingerprint density at radius 3 is 3.07 bits per heavy atom. The van der Waals surface area contributed by atoms with Gasteiger partial charge in [-0.05, 0) is 19.1 Å². The number of nitrogens with zero attached hydrogens (tertiary/aromatic N) is 1. The van der Waals surface area contributed by atoms with E-state index in [1.807, 2.05) is 19.1 Å². The Labute approximate surface area is 84.9 Å². The van der Waals surface area contributed by atoms with E-state index in [1.165, 1.54) is 0 Å². The molecule has 0 fully saturated rings. The summed E-state index contributed by atoms with van der Waals surface area (Å²) >= 11 is 0. The third kappa shape index (κ3) is 0.958. The van der Waals surface area contributed by atoms with Gasteiger partial charge < -0.3 is 4.52 Å². The lowest BCUT2D eigenvalue weighted by molar-refractivity contribution is 0.112. The van der Waals surface area contributed by atoms with Crippen molar-refractivity contribution in [1.29, 1.82) is 0 Å².